The van der Waals surface area contributed by atoms with Gasteiger partial charge in [0.05, 0.1) is 25.3 Å². The zero-order chi connectivity index (χ0) is 15.7. The molecule has 5 rings (SSSR count). The van der Waals surface area contributed by atoms with Crippen LogP contribution in [-0.4, -0.2) is 41.4 Å². The van der Waals surface area contributed by atoms with Crippen molar-refractivity contribution in [2.24, 2.45) is 17.3 Å². The lowest BCUT2D eigenvalue weighted by Gasteiger charge is -2.64. The van der Waals surface area contributed by atoms with E-state index in [0.717, 1.165) is 6.42 Å². The van der Waals surface area contributed by atoms with Crippen molar-refractivity contribution in [3.8, 4) is 0 Å². The summed E-state index contributed by atoms with van der Waals surface area (Å²) in [4.78, 5) is 22.4. The average molecular weight is 304 g/mol. The van der Waals surface area contributed by atoms with Crippen molar-refractivity contribution < 1.29 is 10.2 Å². The van der Waals surface area contributed by atoms with E-state index in [1.54, 1.807) is 4.57 Å². The highest BCUT2D eigenvalue weighted by molar-refractivity contribution is 5.68. The first-order valence-corrected chi connectivity index (χ1v) is 7.63. The molecule has 0 amide bonds. The Labute approximate surface area is 127 Å². The lowest BCUT2D eigenvalue weighted by atomic mass is 9.43. The third kappa shape index (κ3) is 1.60. The molecule has 3 aliphatic rings. The Kier molecular flexibility index (Phi) is 2.64. The van der Waals surface area contributed by atoms with Gasteiger partial charge in [0.2, 0.25) is 0 Å². The monoisotopic (exact) mass is 304 g/mol. The zero-order valence-corrected chi connectivity index (χ0v) is 12.7. The van der Waals surface area contributed by atoms with Crippen LogP contribution in [0.2, 0.25) is 0 Å². The molecule has 7 heteroatoms. The van der Waals surface area contributed by atoms with Gasteiger partial charge in [0, 0.05) is 0 Å². The largest absolute Gasteiger partial charge is 0.390 e. The fraction of sp³-hybridized carbons (Fsp3) is 0.667. The number of imidazole rings is 1. The standard InChI is InChI=1S/C15H20N4O3/c1-14(2)8-3-9(14)15(22,10(20)4-8)5-19-7-18-11-12(19)16-6-17-13(11)21/h6-10,20,22H,3-5H2,1-2H3,(H,16,17,21)/t8-,9-,10+,15-/m1/s1. The number of fused-ring (bicyclic) bond motifs is 3. The third-order valence-electron chi connectivity index (χ3n) is 5.99. The Morgan fingerprint density at radius 1 is 1.41 bits per heavy atom. The van der Waals surface area contributed by atoms with Gasteiger partial charge in [0.15, 0.2) is 11.2 Å². The van der Waals surface area contributed by atoms with Crippen molar-refractivity contribution >= 4 is 11.2 Å². The maximum Gasteiger partial charge on any atom is 0.278 e. The summed E-state index contributed by atoms with van der Waals surface area (Å²) in [6.07, 6.45) is 3.62. The van der Waals surface area contributed by atoms with Gasteiger partial charge in [-0.2, -0.15) is 0 Å². The van der Waals surface area contributed by atoms with Gasteiger partial charge in [-0.1, -0.05) is 13.8 Å². The van der Waals surface area contributed by atoms with Gasteiger partial charge in [-0.25, -0.2) is 9.97 Å². The highest BCUT2D eigenvalue weighted by Crippen LogP contribution is 2.63. The fourth-order valence-corrected chi connectivity index (χ4v) is 4.47. The maximum atomic E-state index is 11.7. The molecule has 0 unspecified atom stereocenters. The van der Waals surface area contributed by atoms with Crippen LogP contribution < -0.4 is 5.56 Å². The number of aromatic nitrogens is 4. The minimum absolute atomic E-state index is 0.0231. The Bertz CT molecular complexity index is 795. The molecule has 2 bridgehead atoms. The second-order valence-corrected chi connectivity index (χ2v) is 7.33. The summed E-state index contributed by atoms with van der Waals surface area (Å²) in [6, 6.07) is 0. The molecule has 2 aromatic rings. The van der Waals surface area contributed by atoms with E-state index in [0.29, 0.717) is 18.0 Å². The number of hydrogen-bond acceptors (Lipinski definition) is 5. The van der Waals surface area contributed by atoms with Gasteiger partial charge in [-0.05, 0) is 30.1 Å². The van der Waals surface area contributed by atoms with Crippen molar-refractivity contribution in [1.82, 2.24) is 19.5 Å². The zero-order valence-electron chi connectivity index (χ0n) is 12.7. The number of nitrogens with one attached hydrogen (secondary N) is 1. The molecule has 3 saturated carbocycles. The van der Waals surface area contributed by atoms with Crippen LogP contribution in [0.4, 0.5) is 0 Å². The van der Waals surface area contributed by atoms with E-state index in [4.69, 9.17) is 0 Å². The molecular weight excluding hydrogens is 284 g/mol. The number of aromatic amines is 1. The number of hydrogen-bond donors (Lipinski definition) is 3. The summed E-state index contributed by atoms with van der Waals surface area (Å²) in [7, 11) is 0. The van der Waals surface area contributed by atoms with Crippen molar-refractivity contribution in [3.05, 3.63) is 23.0 Å². The predicted octanol–water partition coefficient (Wildman–Crippen LogP) is 0.278. The summed E-state index contributed by atoms with van der Waals surface area (Å²) in [6.45, 7) is 4.50. The smallest absolute Gasteiger partial charge is 0.278 e. The van der Waals surface area contributed by atoms with Gasteiger partial charge in [-0.3, -0.25) is 4.79 Å². The number of aliphatic hydroxyl groups is 2. The minimum atomic E-state index is -1.21. The van der Waals surface area contributed by atoms with Crippen LogP contribution in [0.1, 0.15) is 26.7 Å². The predicted molar refractivity (Wildman–Crippen MR) is 79.1 cm³/mol. The molecule has 2 heterocycles. The molecule has 118 valence electrons. The molecule has 0 spiro atoms. The molecule has 22 heavy (non-hydrogen) atoms. The van der Waals surface area contributed by atoms with Crippen LogP contribution in [0, 0.1) is 17.3 Å². The van der Waals surface area contributed by atoms with E-state index < -0.39 is 11.7 Å². The van der Waals surface area contributed by atoms with Crippen LogP contribution in [0.5, 0.6) is 0 Å². The van der Waals surface area contributed by atoms with Crippen LogP contribution in [-0.2, 0) is 6.54 Å². The molecule has 2 aromatic heterocycles. The van der Waals surface area contributed by atoms with E-state index in [2.05, 4.69) is 28.8 Å². The lowest BCUT2D eigenvalue weighted by Crippen LogP contribution is -2.69. The van der Waals surface area contributed by atoms with Crippen LogP contribution in [0.3, 0.4) is 0 Å². The molecule has 3 N–H and O–H groups in total. The molecule has 0 aliphatic heterocycles. The Balaban J connectivity index is 1.75. The maximum absolute atomic E-state index is 11.7. The van der Waals surface area contributed by atoms with E-state index in [1.807, 2.05) is 0 Å². The van der Waals surface area contributed by atoms with Crippen molar-refractivity contribution in [2.45, 2.75) is 44.9 Å². The highest BCUT2D eigenvalue weighted by atomic mass is 16.3. The number of rotatable bonds is 2. The van der Waals surface area contributed by atoms with Crippen LogP contribution in [0.15, 0.2) is 17.4 Å². The molecule has 0 aromatic carbocycles. The van der Waals surface area contributed by atoms with Gasteiger partial charge < -0.3 is 19.8 Å². The van der Waals surface area contributed by atoms with Crippen LogP contribution >= 0.6 is 0 Å². The summed E-state index contributed by atoms with van der Waals surface area (Å²) in [5, 5.41) is 21.6. The van der Waals surface area contributed by atoms with E-state index in [9.17, 15) is 15.0 Å². The molecule has 0 saturated heterocycles. The molecule has 4 atom stereocenters. The molecular formula is C15H20N4O3. The van der Waals surface area contributed by atoms with Crippen molar-refractivity contribution in [3.63, 3.8) is 0 Å². The molecule has 3 fully saturated rings. The number of nitrogens with zero attached hydrogens (tertiary/aromatic N) is 3. The SMILES string of the molecule is CC1(C)[C@@H]2C[C@H]1[C@](O)(Cn1cnc3c(=O)[nH]cnc31)[C@@H](O)C2. The molecule has 0 radical (unpaired) electrons. The van der Waals surface area contributed by atoms with Crippen molar-refractivity contribution in [1.29, 1.82) is 0 Å². The van der Waals surface area contributed by atoms with Crippen LogP contribution in [0.25, 0.3) is 11.2 Å². The van der Waals surface area contributed by atoms with E-state index in [1.165, 1.54) is 12.7 Å². The topological polar surface area (TPSA) is 104 Å². The molecule has 3 aliphatic carbocycles. The quantitative estimate of drug-likeness (QED) is 0.739. The highest BCUT2D eigenvalue weighted by Gasteiger charge is 2.64. The van der Waals surface area contributed by atoms with E-state index >= 15 is 0 Å². The normalized spacial score (nSPS) is 36.3. The van der Waals surface area contributed by atoms with Crippen molar-refractivity contribution in [2.75, 3.05) is 0 Å². The average Bonchev–Trinajstić information content (AvgIpc) is 2.86. The molecule has 7 nitrogen and oxygen atoms in total. The first kappa shape index (κ1) is 13.9. The van der Waals surface area contributed by atoms with E-state index in [-0.39, 0.29) is 29.0 Å². The number of aliphatic hydroxyl groups excluding tert-OH is 1. The second kappa shape index (κ2) is 4.17. The Morgan fingerprint density at radius 3 is 2.91 bits per heavy atom. The van der Waals surface area contributed by atoms with Gasteiger partial charge in [0.25, 0.3) is 5.56 Å². The minimum Gasteiger partial charge on any atom is -0.390 e. The first-order chi connectivity index (χ1) is 10.3. The van der Waals surface area contributed by atoms with Gasteiger partial charge in [-0.15, -0.1) is 0 Å². The summed E-state index contributed by atoms with van der Waals surface area (Å²) in [5.74, 6) is 0.501. The lowest BCUT2D eigenvalue weighted by molar-refractivity contribution is -0.258. The Morgan fingerprint density at radius 2 is 2.18 bits per heavy atom. The first-order valence-electron chi connectivity index (χ1n) is 7.63. The van der Waals surface area contributed by atoms with Gasteiger partial charge >= 0.3 is 0 Å². The third-order valence-corrected chi connectivity index (χ3v) is 5.99. The second-order valence-electron chi connectivity index (χ2n) is 7.33. The fourth-order valence-electron chi connectivity index (χ4n) is 4.47. The summed E-state index contributed by atoms with van der Waals surface area (Å²) < 4.78 is 1.67. The Hall–Kier alpha value is -1.73. The summed E-state index contributed by atoms with van der Waals surface area (Å²) in [5.41, 5.74) is -0.805. The van der Waals surface area contributed by atoms with Gasteiger partial charge in [0.1, 0.15) is 5.60 Å². The number of H-pyrrole nitrogens is 1. The summed E-state index contributed by atoms with van der Waals surface area (Å²) >= 11 is 0.